The molecule has 0 spiro atoms. The number of ketones is 1. The number of benzene rings is 3. The molecular weight excluding hydrogens is 382 g/mol. The topological polar surface area (TPSA) is 29.5 Å². The molecule has 0 amide bonds. The first-order valence-electron chi connectivity index (χ1n) is 11.3. The summed E-state index contributed by atoms with van der Waals surface area (Å²) in [6, 6.07) is 29.1. The van der Waals surface area contributed by atoms with Crippen LogP contribution in [0, 0.1) is 5.92 Å². The van der Waals surface area contributed by atoms with E-state index >= 15 is 0 Å². The summed E-state index contributed by atoms with van der Waals surface area (Å²) >= 11 is 0. The molecule has 1 aliphatic heterocycles. The van der Waals surface area contributed by atoms with Crippen LogP contribution in [0.1, 0.15) is 40.7 Å². The third-order valence-corrected chi connectivity index (χ3v) is 6.32. The smallest absolute Gasteiger partial charge is 0.166 e. The van der Waals surface area contributed by atoms with Crippen molar-refractivity contribution in [1.29, 1.82) is 0 Å². The number of hydrogen-bond acceptors (Lipinski definition) is 3. The minimum absolute atomic E-state index is 0.0585. The van der Waals surface area contributed by atoms with Gasteiger partial charge >= 0.3 is 0 Å². The van der Waals surface area contributed by atoms with Crippen molar-refractivity contribution < 1.29 is 9.53 Å². The molecule has 1 saturated heterocycles. The minimum atomic E-state index is -0.0585. The van der Waals surface area contributed by atoms with Gasteiger partial charge in [0.05, 0.1) is 13.2 Å². The van der Waals surface area contributed by atoms with E-state index < -0.39 is 0 Å². The number of nitrogens with zero attached hydrogens (tertiary/aromatic N) is 1. The zero-order chi connectivity index (χ0) is 21.5. The summed E-state index contributed by atoms with van der Waals surface area (Å²) in [5.41, 5.74) is 4.53. The molecule has 3 nitrogen and oxygen atoms in total. The van der Waals surface area contributed by atoms with Crippen molar-refractivity contribution in [2.24, 2.45) is 5.92 Å². The van der Waals surface area contributed by atoms with Crippen LogP contribution in [0.4, 0.5) is 5.69 Å². The Balaban J connectivity index is 1.64. The Labute approximate surface area is 185 Å². The fraction of sp³-hybridized carbons (Fsp3) is 0.321. The van der Waals surface area contributed by atoms with Crippen molar-refractivity contribution in [3.63, 3.8) is 0 Å². The molecular formula is C28H31NO2. The predicted molar refractivity (Wildman–Crippen MR) is 127 cm³/mol. The molecule has 4 rings (SSSR count). The predicted octanol–water partition coefficient (Wildman–Crippen LogP) is 5.76. The molecule has 160 valence electrons. The van der Waals surface area contributed by atoms with Crippen molar-refractivity contribution >= 4 is 11.5 Å². The number of hydrogen-bond donors (Lipinski definition) is 0. The Morgan fingerprint density at radius 2 is 1.48 bits per heavy atom. The molecule has 0 N–H and O–H groups in total. The molecule has 0 bridgehead atoms. The van der Waals surface area contributed by atoms with Gasteiger partial charge in [-0.05, 0) is 42.0 Å². The highest BCUT2D eigenvalue weighted by Gasteiger charge is 2.29. The van der Waals surface area contributed by atoms with Crippen molar-refractivity contribution in [3.8, 4) is 0 Å². The van der Waals surface area contributed by atoms with E-state index in [0.29, 0.717) is 0 Å². The van der Waals surface area contributed by atoms with Crippen LogP contribution in [-0.4, -0.2) is 32.1 Å². The lowest BCUT2D eigenvalue weighted by Crippen LogP contribution is -2.36. The van der Waals surface area contributed by atoms with Gasteiger partial charge in [-0.25, -0.2) is 0 Å². The number of morpholine rings is 1. The van der Waals surface area contributed by atoms with Crippen molar-refractivity contribution in [1.82, 2.24) is 0 Å². The molecule has 0 aliphatic carbocycles. The second kappa shape index (κ2) is 10.4. The van der Waals surface area contributed by atoms with Crippen LogP contribution in [0.3, 0.4) is 0 Å². The normalized spacial score (nSPS) is 16.0. The first-order chi connectivity index (χ1) is 15.3. The molecule has 0 saturated carbocycles. The third-order valence-electron chi connectivity index (χ3n) is 6.32. The summed E-state index contributed by atoms with van der Waals surface area (Å²) < 4.78 is 5.48. The van der Waals surface area contributed by atoms with Gasteiger partial charge in [0.25, 0.3) is 0 Å². The summed E-state index contributed by atoms with van der Waals surface area (Å²) in [7, 11) is 0. The molecule has 0 aromatic heterocycles. The molecule has 3 heteroatoms. The molecule has 1 aliphatic rings. The Hall–Kier alpha value is -2.91. The van der Waals surface area contributed by atoms with E-state index in [1.54, 1.807) is 0 Å². The lowest BCUT2D eigenvalue weighted by atomic mass is 9.76. The van der Waals surface area contributed by atoms with Gasteiger partial charge in [-0.1, -0.05) is 79.7 Å². The average molecular weight is 414 g/mol. The van der Waals surface area contributed by atoms with E-state index in [0.717, 1.165) is 44.7 Å². The van der Waals surface area contributed by atoms with Gasteiger partial charge in [0, 0.05) is 30.3 Å². The first-order valence-corrected chi connectivity index (χ1v) is 11.3. The van der Waals surface area contributed by atoms with Crippen LogP contribution in [0.15, 0.2) is 84.9 Å². The summed E-state index contributed by atoms with van der Waals surface area (Å²) in [5.74, 6) is 0.317. The standard InChI is InChI=1S/C28H31NO2/c1-2-26(28(30)24-11-7-4-8-12-24)27(21-22-9-5-3-6-10-22)23-13-15-25(16-14-23)29-17-19-31-20-18-29/h3-16,26-27H,2,17-21H2,1H3. The van der Waals surface area contributed by atoms with E-state index in [4.69, 9.17) is 4.74 Å². The van der Waals surface area contributed by atoms with E-state index in [1.807, 2.05) is 36.4 Å². The Bertz CT molecular complexity index is 947. The lowest BCUT2D eigenvalue weighted by Gasteiger charge is -2.30. The quantitative estimate of drug-likeness (QED) is 0.440. The minimum Gasteiger partial charge on any atom is -0.378 e. The molecule has 1 heterocycles. The zero-order valence-electron chi connectivity index (χ0n) is 18.2. The fourth-order valence-electron chi connectivity index (χ4n) is 4.58. The lowest BCUT2D eigenvalue weighted by molar-refractivity contribution is 0.0895. The first kappa shape index (κ1) is 21.3. The largest absolute Gasteiger partial charge is 0.378 e. The number of carbonyl (C=O) groups is 1. The van der Waals surface area contributed by atoms with Gasteiger partial charge in [0.2, 0.25) is 0 Å². The zero-order valence-corrected chi connectivity index (χ0v) is 18.2. The van der Waals surface area contributed by atoms with Crippen LogP contribution < -0.4 is 4.90 Å². The molecule has 3 aromatic carbocycles. The highest BCUT2D eigenvalue weighted by molar-refractivity contribution is 5.98. The third kappa shape index (κ3) is 5.23. The highest BCUT2D eigenvalue weighted by atomic mass is 16.5. The maximum Gasteiger partial charge on any atom is 0.166 e. The second-order valence-electron chi connectivity index (χ2n) is 8.23. The van der Waals surface area contributed by atoms with Crippen LogP contribution in [0.25, 0.3) is 0 Å². The summed E-state index contributed by atoms with van der Waals surface area (Å²) in [6.07, 6.45) is 1.67. The van der Waals surface area contributed by atoms with Crippen LogP contribution in [-0.2, 0) is 11.2 Å². The molecule has 3 aromatic rings. The monoisotopic (exact) mass is 413 g/mol. The van der Waals surface area contributed by atoms with Gasteiger partial charge < -0.3 is 9.64 Å². The average Bonchev–Trinajstić information content (AvgIpc) is 2.85. The maximum atomic E-state index is 13.5. The molecule has 1 fully saturated rings. The van der Waals surface area contributed by atoms with E-state index in [1.165, 1.54) is 16.8 Å². The molecule has 2 unspecified atom stereocenters. The van der Waals surface area contributed by atoms with Crippen LogP contribution in [0.5, 0.6) is 0 Å². The van der Waals surface area contributed by atoms with Gasteiger partial charge in [-0.15, -0.1) is 0 Å². The van der Waals surface area contributed by atoms with Crippen LogP contribution in [0.2, 0.25) is 0 Å². The number of carbonyl (C=O) groups excluding carboxylic acids is 1. The van der Waals surface area contributed by atoms with E-state index in [-0.39, 0.29) is 17.6 Å². The highest BCUT2D eigenvalue weighted by Crippen LogP contribution is 2.34. The number of Topliss-reactive ketones (excluding diaryl/α,β-unsaturated/α-hetero) is 1. The maximum absolute atomic E-state index is 13.5. The van der Waals surface area contributed by atoms with Crippen molar-refractivity contribution in [2.45, 2.75) is 25.7 Å². The molecule has 31 heavy (non-hydrogen) atoms. The van der Waals surface area contributed by atoms with Gasteiger partial charge in [-0.3, -0.25) is 4.79 Å². The summed E-state index contributed by atoms with van der Waals surface area (Å²) in [5, 5.41) is 0. The fourth-order valence-corrected chi connectivity index (χ4v) is 4.58. The molecule has 2 atom stereocenters. The number of rotatable bonds is 8. The Morgan fingerprint density at radius 3 is 2.10 bits per heavy atom. The van der Waals surface area contributed by atoms with Gasteiger partial charge in [0.15, 0.2) is 5.78 Å². The van der Waals surface area contributed by atoms with Crippen molar-refractivity contribution in [3.05, 3.63) is 102 Å². The second-order valence-corrected chi connectivity index (χ2v) is 8.23. The van der Waals surface area contributed by atoms with Crippen LogP contribution >= 0.6 is 0 Å². The van der Waals surface area contributed by atoms with Crippen molar-refractivity contribution in [2.75, 3.05) is 31.2 Å². The van der Waals surface area contributed by atoms with Gasteiger partial charge in [0.1, 0.15) is 0 Å². The van der Waals surface area contributed by atoms with Gasteiger partial charge in [-0.2, -0.15) is 0 Å². The Morgan fingerprint density at radius 1 is 0.871 bits per heavy atom. The molecule has 0 radical (unpaired) electrons. The summed E-state index contributed by atoms with van der Waals surface area (Å²) in [4.78, 5) is 15.8. The SMILES string of the molecule is CCC(C(=O)c1ccccc1)C(Cc1ccccc1)c1ccc(N2CCOCC2)cc1. The summed E-state index contributed by atoms with van der Waals surface area (Å²) in [6.45, 7) is 5.54. The number of ether oxygens (including phenoxy) is 1. The van der Waals surface area contributed by atoms with E-state index in [9.17, 15) is 4.79 Å². The Kier molecular flexibility index (Phi) is 7.16. The number of anilines is 1. The van der Waals surface area contributed by atoms with E-state index in [2.05, 4.69) is 60.4 Å².